The lowest BCUT2D eigenvalue weighted by atomic mass is 10.1. The fourth-order valence-electron chi connectivity index (χ4n) is 4.09. The molecule has 1 heterocycles. The molecule has 1 fully saturated rings. The number of nitro benzene ring substituents is 1. The molecule has 0 aliphatic carbocycles. The van der Waals surface area contributed by atoms with E-state index in [1.165, 1.54) is 12.1 Å². The van der Waals surface area contributed by atoms with Gasteiger partial charge in [0.1, 0.15) is 12.4 Å². The van der Waals surface area contributed by atoms with Crippen molar-refractivity contribution >= 4 is 11.6 Å². The zero-order valence-electron chi connectivity index (χ0n) is 19.2. The molecule has 1 amide bonds. The normalized spacial score (nSPS) is 14.1. The Morgan fingerprint density at radius 3 is 2.49 bits per heavy atom. The van der Waals surface area contributed by atoms with Gasteiger partial charge in [-0.1, -0.05) is 24.3 Å². The number of carbonyl (C=O) groups is 1. The standard InChI is InChI=1S/C26H25F2N3O4/c1-18-14-22(8-9-24(18)31(33)34)35-17-19-4-2-5-20(15-19)26(32)30-12-10-29(11-13-30)16-21-6-3-7-23(27)25(21)28/h2-9,14-15H,10-13,16-17H2,1H3. The van der Waals surface area contributed by atoms with Gasteiger partial charge in [-0.05, 0) is 42.8 Å². The van der Waals surface area contributed by atoms with Gasteiger partial charge >= 0.3 is 0 Å². The number of rotatable bonds is 7. The highest BCUT2D eigenvalue weighted by Gasteiger charge is 2.23. The van der Waals surface area contributed by atoms with E-state index in [4.69, 9.17) is 4.74 Å². The summed E-state index contributed by atoms with van der Waals surface area (Å²) in [6.07, 6.45) is 0. The Bertz CT molecular complexity index is 1240. The molecule has 4 rings (SSSR count). The lowest BCUT2D eigenvalue weighted by Crippen LogP contribution is -2.48. The van der Waals surface area contributed by atoms with Crippen LogP contribution in [0.4, 0.5) is 14.5 Å². The number of nitrogens with zero attached hydrogens (tertiary/aromatic N) is 3. The van der Waals surface area contributed by atoms with Crippen molar-refractivity contribution in [2.24, 2.45) is 0 Å². The summed E-state index contributed by atoms with van der Waals surface area (Å²) in [7, 11) is 0. The van der Waals surface area contributed by atoms with Gasteiger partial charge in [0.15, 0.2) is 11.6 Å². The fourth-order valence-corrected chi connectivity index (χ4v) is 4.09. The average molecular weight is 481 g/mol. The third-order valence-corrected chi connectivity index (χ3v) is 6.03. The van der Waals surface area contributed by atoms with Crippen LogP contribution in [-0.4, -0.2) is 46.8 Å². The van der Waals surface area contributed by atoms with Gasteiger partial charge in [0.25, 0.3) is 11.6 Å². The van der Waals surface area contributed by atoms with E-state index in [-0.39, 0.29) is 18.2 Å². The molecule has 0 aromatic heterocycles. The van der Waals surface area contributed by atoms with E-state index in [0.29, 0.717) is 55.2 Å². The minimum atomic E-state index is -0.858. The Labute approximate surface area is 201 Å². The molecule has 0 spiro atoms. The predicted octanol–water partition coefficient (Wildman–Crippen LogP) is 4.72. The molecular formula is C26H25F2N3O4. The zero-order chi connectivity index (χ0) is 24.9. The molecular weight excluding hydrogens is 456 g/mol. The maximum atomic E-state index is 14.0. The highest BCUT2D eigenvalue weighted by atomic mass is 19.2. The molecule has 7 nitrogen and oxygen atoms in total. The van der Waals surface area contributed by atoms with Crippen LogP contribution in [0.5, 0.6) is 5.75 Å². The van der Waals surface area contributed by atoms with Gasteiger partial charge in [-0.25, -0.2) is 8.78 Å². The molecule has 0 saturated carbocycles. The summed E-state index contributed by atoms with van der Waals surface area (Å²) in [5.41, 5.74) is 2.19. The highest BCUT2D eigenvalue weighted by Crippen LogP contribution is 2.24. The van der Waals surface area contributed by atoms with Crippen LogP contribution in [0.3, 0.4) is 0 Å². The molecule has 35 heavy (non-hydrogen) atoms. The maximum absolute atomic E-state index is 14.0. The molecule has 1 aliphatic heterocycles. The fraction of sp³-hybridized carbons (Fsp3) is 0.269. The number of carbonyl (C=O) groups excluding carboxylic acids is 1. The third-order valence-electron chi connectivity index (χ3n) is 6.03. The number of benzene rings is 3. The molecule has 0 unspecified atom stereocenters. The molecule has 0 radical (unpaired) electrons. The first-order valence-electron chi connectivity index (χ1n) is 11.2. The second kappa shape index (κ2) is 10.6. The predicted molar refractivity (Wildman–Crippen MR) is 126 cm³/mol. The van der Waals surface area contributed by atoms with Crippen LogP contribution in [0.25, 0.3) is 0 Å². The summed E-state index contributed by atoms with van der Waals surface area (Å²) in [6, 6.07) is 15.9. The molecule has 0 atom stereocenters. The zero-order valence-corrected chi connectivity index (χ0v) is 19.2. The molecule has 3 aromatic carbocycles. The van der Waals surface area contributed by atoms with Crippen molar-refractivity contribution in [3.8, 4) is 5.75 Å². The van der Waals surface area contributed by atoms with Crippen LogP contribution in [0, 0.1) is 28.7 Å². The first-order chi connectivity index (χ1) is 16.8. The van der Waals surface area contributed by atoms with Crippen molar-refractivity contribution in [2.75, 3.05) is 26.2 Å². The van der Waals surface area contributed by atoms with Gasteiger partial charge in [0.2, 0.25) is 0 Å². The first kappa shape index (κ1) is 24.3. The summed E-state index contributed by atoms with van der Waals surface area (Å²) in [4.78, 5) is 27.3. The van der Waals surface area contributed by atoms with E-state index in [1.54, 1.807) is 48.2 Å². The molecule has 0 bridgehead atoms. The number of halogens is 2. The summed E-state index contributed by atoms with van der Waals surface area (Å²) in [5, 5.41) is 11.0. The third kappa shape index (κ3) is 5.81. The summed E-state index contributed by atoms with van der Waals surface area (Å²) in [5.74, 6) is -1.27. The lowest BCUT2D eigenvalue weighted by Gasteiger charge is -2.35. The molecule has 182 valence electrons. The van der Waals surface area contributed by atoms with Crippen LogP contribution in [-0.2, 0) is 13.2 Å². The van der Waals surface area contributed by atoms with Crippen molar-refractivity contribution in [1.29, 1.82) is 0 Å². The molecule has 9 heteroatoms. The Morgan fingerprint density at radius 1 is 1.03 bits per heavy atom. The van der Waals surface area contributed by atoms with Crippen LogP contribution < -0.4 is 4.74 Å². The number of nitro groups is 1. The van der Waals surface area contributed by atoms with Crippen LogP contribution in [0.2, 0.25) is 0 Å². The quantitative estimate of drug-likeness (QED) is 0.361. The van der Waals surface area contributed by atoms with Gasteiger partial charge in [-0.2, -0.15) is 0 Å². The Morgan fingerprint density at radius 2 is 1.77 bits per heavy atom. The highest BCUT2D eigenvalue weighted by molar-refractivity contribution is 5.94. The second-order valence-corrected chi connectivity index (χ2v) is 8.48. The van der Waals surface area contributed by atoms with Gasteiger partial charge in [-0.15, -0.1) is 0 Å². The monoisotopic (exact) mass is 481 g/mol. The van der Waals surface area contributed by atoms with E-state index < -0.39 is 16.6 Å². The Hall–Kier alpha value is -3.85. The van der Waals surface area contributed by atoms with Crippen molar-refractivity contribution in [2.45, 2.75) is 20.1 Å². The average Bonchev–Trinajstić information content (AvgIpc) is 2.85. The summed E-state index contributed by atoms with van der Waals surface area (Å²) in [6.45, 7) is 4.25. The smallest absolute Gasteiger partial charge is 0.272 e. The molecule has 1 aliphatic rings. The van der Waals surface area contributed by atoms with Gasteiger partial charge in [-0.3, -0.25) is 19.8 Å². The molecule has 1 saturated heterocycles. The number of hydrogen-bond acceptors (Lipinski definition) is 5. The Kier molecular flexibility index (Phi) is 7.36. The van der Waals surface area contributed by atoms with E-state index in [0.717, 1.165) is 11.6 Å². The van der Waals surface area contributed by atoms with E-state index in [1.807, 2.05) is 11.0 Å². The maximum Gasteiger partial charge on any atom is 0.272 e. The summed E-state index contributed by atoms with van der Waals surface area (Å²) < 4.78 is 33.2. The number of ether oxygens (including phenoxy) is 1. The Balaban J connectivity index is 1.33. The summed E-state index contributed by atoms with van der Waals surface area (Å²) >= 11 is 0. The largest absolute Gasteiger partial charge is 0.489 e. The molecule has 0 N–H and O–H groups in total. The topological polar surface area (TPSA) is 75.9 Å². The number of amides is 1. The minimum Gasteiger partial charge on any atom is -0.489 e. The van der Waals surface area contributed by atoms with Gasteiger partial charge < -0.3 is 9.64 Å². The second-order valence-electron chi connectivity index (χ2n) is 8.48. The van der Waals surface area contributed by atoms with Crippen LogP contribution in [0.15, 0.2) is 60.7 Å². The van der Waals surface area contributed by atoms with E-state index >= 15 is 0 Å². The van der Waals surface area contributed by atoms with E-state index in [9.17, 15) is 23.7 Å². The van der Waals surface area contributed by atoms with Crippen LogP contribution >= 0.6 is 0 Å². The van der Waals surface area contributed by atoms with Crippen molar-refractivity contribution in [3.63, 3.8) is 0 Å². The first-order valence-corrected chi connectivity index (χ1v) is 11.2. The number of aryl methyl sites for hydroxylation is 1. The van der Waals surface area contributed by atoms with Gasteiger partial charge in [0.05, 0.1) is 4.92 Å². The lowest BCUT2D eigenvalue weighted by molar-refractivity contribution is -0.385. The number of hydrogen-bond donors (Lipinski definition) is 0. The van der Waals surface area contributed by atoms with Crippen LogP contribution in [0.1, 0.15) is 27.0 Å². The SMILES string of the molecule is Cc1cc(OCc2cccc(C(=O)N3CCN(Cc4cccc(F)c4F)CC3)c2)ccc1[N+](=O)[O-]. The minimum absolute atomic E-state index is 0.0334. The van der Waals surface area contributed by atoms with Gasteiger partial charge in [0, 0.05) is 55.5 Å². The van der Waals surface area contributed by atoms with Crippen molar-refractivity contribution < 1.29 is 23.2 Å². The van der Waals surface area contributed by atoms with E-state index in [2.05, 4.69) is 0 Å². The van der Waals surface area contributed by atoms with Crippen molar-refractivity contribution in [1.82, 2.24) is 9.80 Å². The molecule has 3 aromatic rings. The number of piperazine rings is 1. The van der Waals surface area contributed by atoms with Crippen molar-refractivity contribution in [3.05, 3.63) is 105 Å².